The van der Waals surface area contributed by atoms with E-state index in [4.69, 9.17) is 16.0 Å². The molecule has 0 N–H and O–H groups in total. The van der Waals surface area contributed by atoms with Crippen molar-refractivity contribution >= 4 is 44.2 Å². The number of para-hydroxylation sites is 1. The van der Waals surface area contributed by atoms with Crippen molar-refractivity contribution in [3.63, 3.8) is 0 Å². The number of halogens is 1. The van der Waals surface area contributed by atoms with Gasteiger partial charge in [0, 0.05) is 6.42 Å². The van der Waals surface area contributed by atoms with Gasteiger partial charge in [-0.1, -0.05) is 42.3 Å². The van der Waals surface area contributed by atoms with E-state index in [2.05, 4.69) is 11.9 Å². The Morgan fingerprint density at radius 2 is 2.22 bits per heavy atom. The fraction of sp³-hybridized carbons (Fsp3) is 0.294. The van der Waals surface area contributed by atoms with Gasteiger partial charge in [-0.15, -0.1) is 0 Å². The second-order valence-corrected chi connectivity index (χ2v) is 6.66. The second-order valence-electron chi connectivity index (χ2n) is 5.25. The predicted molar refractivity (Wildman–Crippen MR) is 94.1 cm³/mol. The third-order valence-electron chi connectivity index (χ3n) is 3.53. The van der Waals surface area contributed by atoms with E-state index in [1.165, 1.54) is 11.3 Å². The van der Waals surface area contributed by atoms with Gasteiger partial charge in [0.1, 0.15) is 11.3 Å². The Morgan fingerprint density at radius 3 is 2.91 bits per heavy atom. The van der Waals surface area contributed by atoms with E-state index in [1.54, 1.807) is 11.2 Å². The summed E-state index contributed by atoms with van der Waals surface area (Å²) in [5, 5.41) is 1.26. The van der Waals surface area contributed by atoms with Crippen molar-refractivity contribution in [3.05, 3.63) is 47.4 Å². The van der Waals surface area contributed by atoms with Gasteiger partial charge in [-0.3, -0.25) is 9.69 Å². The highest BCUT2D eigenvalue weighted by Gasteiger charge is 2.21. The van der Waals surface area contributed by atoms with Crippen LogP contribution in [0.1, 0.15) is 31.9 Å². The summed E-state index contributed by atoms with van der Waals surface area (Å²) in [6.07, 6.45) is 3.95. The number of hydrogen-bond donors (Lipinski definition) is 0. The van der Waals surface area contributed by atoms with Crippen molar-refractivity contribution in [1.29, 1.82) is 0 Å². The van der Waals surface area contributed by atoms with Crippen LogP contribution in [0.15, 0.2) is 41.0 Å². The first-order valence-electron chi connectivity index (χ1n) is 7.57. The molecule has 6 heteroatoms. The Labute approximate surface area is 143 Å². The molecule has 0 atom stereocenters. The van der Waals surface area contributed by atoms with E-state index in [9.17, 15) is 4.79 Å². The first kappa shape index (κ1) is 16.0. The largest absolute Gasteiger partial charge is 0.467 e. The van der Waals surface area contributed by atoms with Crippen molar-refractivity contribution in [3.8, 4) is 0 Å². The quantitative estimate of drug-likeness (QED) is 0.610. The van der Waals surface area contributed by atoms with Crippen LogP contribution in [0.3, 0.4) is 0 Å². The summed E-state index contributed by atoms with van der Waals surface area (Å²) < 4.78 is 6.37. The Bertz CT molecular complexity index is 798. The minimum absolute atomic E-state index is 0.0541. The number of carbonyl (C=O) groups excluding carboxylic acids is 1. The molecule has 0 saturated carbocycles. The molecule has 3 rings (SSSR count). The third kappa shape index (κ3) is 3.57. The number of unbranched alkanes of at least 4 members (excludes halogenated alkanes) is 1. The zero-order valence-electron chi connectivity index (χ0n) is 12.8. The number of carbonyl (C=O) groups is 1. The van der Waals surface area contributed by atoms with E-state index in [1.807, 2.05) is 30.3 Å². The molecule has 0 bridgehead atoms. The summed E-state index contributed by atoms with van der Waals surface area (Å²) in [4.78, 5) is 18.9. The fourth-order valence-electron chi connectivity index (χ4n) is 2.30. The number of nitrogens with zero attached hydrogens (tertiary/aromatic N) is 2. The summed E-state index contributed by atoms with van der Waals surface area (Å²) in [6.45, 7) is 2.45. The molecule has 120 valence electrons. The lowest BCUT2D eigenvalue weighted by Gasteiger charge is -2.18. The van der Waals surface area contributed by atoms with E-state index in [0.29, 0.717) is 23.1 Å². The summed E-state index contributed by atoms with van der Waals surface area (Å²) in [5.41, 5.74) is 0.738. The number of rotatable bonds is 6. The van der Waals surface area contributed by atoms with Gasteiger partial charge in [0.25, 0.3) is 0 Å². The van der Waals surface area contributed by atoms with Crippen LogP contribution in [-0.2, 0) is 11.3 Å². The lowest BCUT2D eigenvalue weighted by molar-refractivity contribution is -0.118. The first-order valence-corrected chi connectivity index (χ1v) is 8.76. The van der Waals surface area contributed by atoms with Crippen LogP contribution < -0.4 is 4.90 Å². The van der Waals surface area contributed by atoms with Gasteiger partial charge in [0.05, 0.1) is 22.5 Å². The third-order valence-corrected chi connectivity index (χ3v) is 4.88. The van der Waals surface area contributed by atoms with Crippen molar-refractivity contribution in [1.82, 2.24) is 4.98 Å². The van der Waals surface area contributed by atoms with Gasteiger partial charge in [-0.25, -0.2) is 4.98 Å². The molecule has 0 unspecified atom stereocenters. The average Bonchev–Trinajstić information content (AvgIpc) is 3.20. The molecule has 0 saturated heterocycles. The molecule has 0 aliphatic heterocycles. The maximum absolute atomic E-state index is 12.6. The lowest BCUT2D eigenvalue weighted by Crippen LogP contribution is -2.29. The molecule has 2 heterocycles. The monoisotopic (exact) mass is 348 g/mol. The molecule has 1 aromatic carbocycles. The summed E-state index contributed by atoms with van der Waals surface area (Å²) in [5.74, 6) is 0.790. The van der Waals surface area contributed by atoms with Crippen LogP contribution in [0, 0.1) is 0 Å². The minimum Gasteiger partial charge on any atom is -0.467 e. The summed E-state index contributed by atoms with van der Waals surface area (Å²) in [7, 11) is 0. The molecule has 0 fully saturated rings. The van der Waals surface area contributed by atoms with E-state index in [-0.39, 0.29) is 5.91 Å². The molecule has 0 aliphatic rings. The van der Waals surface area contributed by atoms with Gasteiger partial charge in [-0.05, 0) is 30.7 Å². The van der Waals surface area contributed by atoms with Gasteiger partial charge in [0.2, 0.25) is 5.91 Å². The molecule has 2 aromatic heterocycles. The Morgan fingerprint density at radius 1 is 1.35 bits per heavy atom. The van der Waals surface area contributed by atoms with Crippen molar-refractivity contribution in [2.24, 2.45) is 0 Å². The maximum Gasteiger partial charge on any atom is 0.229 e. The molecule has 0 aliphatic carbocycles. The molecule has 0 spiro atoms. The normalized spacial score (nSPS) is 11.0. The Balaban J connectivity index is 1.94. The van der Waals surface area contributed by atoms with Crippen molar-refractivity contribution in [2.45, 2.75) is 32.7 Å². The number of aromatic nitrogens is 1. The lowest BCUT2D eigenvalue weighted by atomic mass is 10.2. The first-order chi connectivity index (χ1) is 11.2. The van der Waals surface area contributed by atoms with E-state index >= 15 is 0 Å². The van der Waals surface area contributed by atoms with Crippen LogP contribution in [0.4, 0.5) is 5.13 Å². The number of thiazole rings is 1. The molecule has 4 nitrogen and oxygen atoms in total. The molecule has 1 amide bonds. The van der Waals surface area contributed by atoms with Crippen LogP contribution in [0.2, 0.25) is 5.02 Å². The van der Waals surface area contributed by atoms with E-state index in [0.717, 1.165) is 28.8 Å². The van der Waals surface area contributed by atoms with Crippen LogP contribution in [0.5, 0.6) is 0 Å². The number of hydrogen-bond acceptors (Lipinski definition) is 4. The van der Waals surface area contributed by atoms with Gasteiger partial charge in [-0.2, -0.15) is 0 Å². The highest BCUT2D eigenvalue weighted by molar-refractivity contribution is 7.22. The number of fused-ring (bicyclic) bond motifs is 1. The second kappa shape index (κ2) is 7.15. The molecule has 0 radical (unpaired) electrons. The van der Waals surface area contributed by atoms with Crippen molar-refractivity contribution < 1.29 is 9.21 Å². The minimum atomic E-state index is 0.0541. The highest BCUT2D eigenvalue weighted by Crippen LogP contribution is 2.33. The Hall–Kier alpha value is -1.85. The van der Waals surface area contributed by atoms with Crippen LogP contribution in [0.25, 0.3) is 10.2 Å². The summed E-state index contributed by atoms with van der Waals surface area (Å²) in [6, 6.07) is 9.34. The standard InChI is InChI=1S/C17H17ClN2O2S/c1-2-3-9-15(21)20(11-12-6-5-10-22-12)17-19-16-13(18)7-4-8-14(16)23-17/h4-8,10H,2-3,9,11H2,1H3. The average molecular weight is 349 g/mol. The predicted octanol–water partition coefficient (Wildman–Crippen LogP) is 5.27. The number of amides is 1. The highest BCUT2D eigenvalue weighted by atomic mass is 35.5. The molecular weight excluding hydrogens is 332 g/mol. The Kier molecular flexibility index (Phi) is 4.98. The van der Waals surface area contributed by atoms with Gasteiger partial charge < -0.3 is 4.42 Å². The zero-order valence-corrected chi connectivity index (χ0v) is 14.4. The summed E-state index contributed by atoms with van der Waals surface area (Å²) >= 11 is 7.67. The van der Waals surface area contributed by atoms with Crippen molar-refractivity contribution in [2.75, 3.05) is 4.90 Å². The zero-order chi connectivity index (χ0) is 16.2. The molecule has 23 heavy (non-hydrogen) atoms. The van der Waals surface area contributed by atoms with Crippen LogP contribution >= 0.6 is 22.9 Å². The smallest absolute Gasteiger partial charge is 0.229 e. The van der Waals surface area contributed by atoms with E-state index < -0.39 is 0 Å². The SMILES string of the molecule is CCCCC(=O)N(Cc1ccco1)c1nc2c(Cl)cccc2s1. The molecular formula is C17H17ClN2O2S. The number of benzene rings is 1. The van der Waals surface area contributed by atoms with Gasteiger partial charge in [0.15, 0.2) is 5.13 Å². The fourth-order valence-corrected chi connectivity index (χ4v) is 3.58. The molecule has 3 aromatic rings. The topological polar surface area (TPSA) is 46.3 Å². The number of anilines is 1. The number of furan rings is 1. The van der Waals surface area contributed by atoms with Crippen LogP contribution in [-0.4, -0.2) is 10.9 Å². The maximum atomic E-state index is 12.6. The van der Waals surface area contributed by atoms with Gasteiger partial charge >= 0.3 is 0 Å².